The molecule has 1 atom stereocenters. The van der Waals surface area contributed by atoms with Gasteiger partial charge in [0.25, 0.3) is 0 Å². The molecule has 0 amide bonds. The topological polar surface area (TPSA) is 12.0 Å². The Hall–Kier alpha value is -0.0500. The molecule has 1 heterocycles. The standard InChI is InChI=1S/C18H26ClNS/c1-20-15(7-16-2-3-17(19)21-16)11-18-8-12-4-13(9-18)6-14(5-12)10-18/h2-3,12-15,20H,4-11H2,1H3. The highest BCUT2D eigenvalue weighted by Crippen LogP contribution is 2.61. The van der Waals surface area contributed by atoms with Gasteiger partial charge in [-0.1, -0.05) is 11.6 Å². The molecule has 1 unspecified atom stereocenters. The van der Waals surface area contributed by atoms with Crippen molar-refractivity contribution < 1.29 is 0 Å². The Morgan fingerprint density at radius 1 is 1.19 bits per heavy atom. The van der Waals surface area contributed by atoms with Gasteiger partial charge >= 0.3 is 0 Å². The number of likely N-dealkylation sites (N-methyl/N-ethyl adjacent to an activating group) is 1. The minimum Gasteiger partial charge on any atom is -0.317 e. The quantitative estimate of drug-likeness (QED) is 0.791. The van der Waals surface area contributed by atoms with E-state index in [9.17, 15) is 0 Å². The minimum atomic E-state index is 0.621. The molecule has 3 heteroatoms. The van der Waals surface area contributed by atoms with E-state index in [-0.39, 0.29) is 0 Å². The van der Waals surface area contributed by atoms with E-state index in [1.54, 1.807) is 30.6 Å². The third-order valence-electron chi connectivity index (χ3n) is 6.33. The molecule has 0 radical (unpaired) electrons. The fourth-order valence-electron chi connectivity index (χ4n) is 6.04. The molecule has 0 spiro atoms. The number of nitrogens with one attached hydrogen (secondary N) is 1. The van der Waals surface area contributed by atoms with E-state index in [4.69, 9.17) is 11.6 Å². The maximum absolute atomic E-state index is 6.08. The van der Waals surface area contributed by atoms with Gasteiger partial charge in [-0.2, -0.15) is 0 Å². The van der Waals surface area contributed by atoms with Crippen LogP contribution in [0.1, 0.15) is 49.8 Å². The van der Waals surface area contributed by atoms with Crippen molar-refractivity contribution in [1.82, 2.24) is 5.32 Å². The predicted molar refractivity (Wildman–Crippen MR) is 91.1 cm³/mol. The molecular weight excluding hydrogens is 298 g/mol. The third-order valence-corrected chi connectivity index (χ3v) is 7.58. The SMILES string of the molecule is CNC(Cc1ccc(Cl)s1)CC12CC3CC(CC(C3)C1)C2. The minimum absolute atomic E-state index is 0.621. The smallest absolute Gasteiger partial charge is 0.0931 e. The summed E-state index contributed by atoms with van der Waals surface area (Å²) in [6, 6.07) is 4.87. The van der Waals surface area contributed by atoms with Crippen LogP contribution in [0.25, 0.3) is 0 Å². The molecule has 5 rings (SSSR count). The van der Waals surface area contributed by atoms with Crippen molar-refractivity contribution in [3.8, 4) is 0 Å². The van der Waals surface area contributed by atoms with E-state index in [2.05, 4.69) is 18.4 Å². The number of thiophene rings is 1. The van der Waals surface area contributed by atoms with Gasteiger partial charge in [-0.15, -0.1) is 11.3 Å². The Morgan fingerprint density at radius 2 is 1.81 bits per heavy atom. The van der Waals surface area contributed by atoms with E-state index in [1.807, 2.05) is 6.07 Å². The molecule has 4 aliphatic rings. The van der Waals surface area contributed by atoms with E-state index >= 15 is 0 Å². The summed E-state index contributed by atoms with van der Waals surface area (Å²) in [5.74, 6) is 3.18. The van der Waals surface area contributed by atoms with Crippen molar-refractivity contribution in [2.45, 2.75) is 57.4 Å². The van der Waals surface area contributed by atoms with Crippen molar-refractivity contribution in [2.75, 3.05) is 7.05 Å². The van der Waals surface area contributed by atoms with E-state index in [0.29, 0.717) is 11.5 Å². The van der Waals surface area contributed by atoms with Gasteiger partial charge in [0.05, 0.1) is 4.34 Å². The lowest BCUT2D eigenvalue weighted by atomic mass is 9.48. The maximum Gasteiger partial charge on any atom is 0.0931 e. The monoisotopic (exact) mass is 323 g/mol. The predicted octanol–water partition coefficient (Wildman–Crippen LogP) is 5.14. The van der Waals surface area contributed by atoms with Crippen LogP contribution in [0.15, 0.2) is 12.1 Å². The van der Waals surface area contributed by atoms with Gasteiger partial charge in [0.15, 0.2) is 0 Å². The van der Waals surface area contributed by atoms with Crippen molar-refractivity contribution in [1.29, 1.82) is 0 Å². The average Bonchev–Trinajstić information content (AvgIpc) is 2.81. The molecule has 4 aliphatic carbocycles. The Balaban J connectivity index is 1.46. The van der Waals surface area contributed by atoms with Gasteiger partial charge in [-0.05, 0) is 93.7 Å². The first kappa shape index (κ1) is 14.5. The van der Waals surface area contributed by atoms with Crippen LogP contribution < -0.4 is 5.32 Å². The van der Waals surface area contributed by atoms with E-state index in [0.717, 1.165) is 28.5 Å². The van der Waals surface area contributed by atoms with Crippen LogP contribution in [0.3, 0.4) is 0 Å². The van der Waals surface area contributed by atoms with Gasteiger partial charge < -0.3 is 5.32 Å². The highest BCUT2D eigenvalue weighted by atomic mass is 35.5. The molecule has 4 fully saturated rings. The summed E-state index contributed by atoms with van der Waals surface area (Å²) in [5.41, 5.74) is 0.670. The summed E-state index contributed by atoms with van der Waals surface area (Å²) in [6.07, 6.45) is 11.7. The highest BCUT2D eigenvalue weighted by Gasteiger charge is 2.51. The number of halogens is 1. The molecule has 1 N–H and O–H groups in total. The zero-order valence-electron chi connectivity index (χ0n) is 12.9. The lowest BCUT2D eigenvalue weighted by molar-refractivity contribution is -0.0616. The molecule has 4 saturated carbocycles. The normalized spacial score (nSPS) is 38.9. The number of hydrogen-bond acceptors (Lipinski definition) is 2. The molecule has 0 aromatic carbocycles. The maximum atomic E-state index is 6.08. The largest absolute Gasteiger partial charge is 0.317 e. The lowest BCUT2D eigenvalue weighted by Gasteiger charge is -2.57. The molecular formula is C18H26ClNS. The zero-order valence-corrected chi connectivity index (χ0v) is 14.5. The van der Waals surface area contributed by atoms with Gasteiger partial charge in [-0.3, -0.25) is 0 Å². The molecule has 1 aromatic heterocycles. The van der Waals surface area contributed by atoms with Gasteiger partial charge in [-0.25, -0.2) is 0 Å². The fourth-order valence-corrected chi connectivity index (χ4v) is 7.21. The summed E-state index contributed by atoms with van der Waals surface area (Å²) in [6.45, 7) is 0. The molecule has 0 saturated heterocycles. The van der Waals surface area contributed by atoms with Crippen LogP contribution in [0.5, 0.6) is 0 Å². The Bertz CT molecular complexity index is 474. The Labute approximate surface area is 137 Å². The van der Waals surface area contributed by atoms with Gasteiger partial charge in [0.1, 0.15) is 0 Å². The van der Waals surface area contributed by atoms with Crippen LogP contribution in [0.4, 0.5) is 0 Å². The van der Waals surface area contributed by atoms with Crippen molar-refractivity contribution in [3.05, 3.63) is 21.3 Å². The van der Waals surface area contributed by atoms with Gasteiger partial charge in [0.2, 0.25) is 0 Å². The second kappa shape index (κ2) is 5.54. The third kappa shape index (κ3) is 2.92. The van der Waals surface area contributed by atoms with Crippen LogP contribution in [0, 0.1) is 23.2 Å². The van der Waals surface area contributed by atoms with E-state index < -0.39 is 0 Å². The Morgan fingerprint density at radius 3 is 2.29 bits per heavy atom. The molecule has 4 bridgehead atoms. The van der Waals surface area contributed by atoms with Crippen LogP contribution >= 0.6 is 22.9 Å². The molecule has 1 aromatic rings. The Kier molecular flexibility index (Phi) is 3.84. The molecule has 116 valence electrons. The molecule has 21 heavy (non-hydrogen) atoms. The van der Waals surface area contributed by atoms with Crippen LogP contribution in [-0.2, 0) is 6.42 Å². The van der Waals surface area contributed by atoms with E-state index in [1.165, 1.54) is 30.6 Å². The van der Waals surface area contributed by atoms with Gasteiger partial charge in [0, 0.05) is 10.9 Å². The van der Waals surface area contributed by atoms with Crippen LogP contribution in [0.2, 0.25) is 4.34 Å². The highest BCUT2D eigenvalue weighted by molar-refractivity contribution is 7.16. The first-order valence-corrected chi connectivity index (χ1v) is 9.75. The summed E-state index contributed by atoms with van der Waals surface area (Å²) in [4.78, 5) is 1.43. The second-order valence-electron chi connectivity index (χ2n) is 8.02. The fraction of sp³-hybridized carbons (Fsp3) is 0.778. The number of rotatable bonds is 5. The molecule has 1 nitrogen and oxygen atoms in total. The van der Waals surface area contributed by atoms with Crippen LogP contribution in [-0.4, -0.2) is 13.1 Å². The summed E-state index contributed by atoms with van der Waals surface area (Å²) in [7, 11) is 2.14. The second-order valence-corrected chi connectivity index (χ2v) is 9.82. The summed E-state index contributed by atoms with van der Waals surface area (Å²) in [5, 5.41) is 3.60. The van der Waals surface area contributed by atoms with Crippen molar-refractivity contribution >= 4 is 22.9 Å². The lowest BCUT2D eigenvalue weighted by Crippen LogP contribution is -2.48. The summed E-state index contributed by atoms with van der Waals surface area (Å²) < 4.78 is 0.926. The first-order chi connectivity index (χ1) is 10.1. The zero-order chi connectivity index (χ0) is 14.4. The summed E-state index contributed by atoms with van der Waals surface area (Å²) >= 11 is 7.83. The molecule has 0 aliphatic heterocycles. The van der Waals surface area contributed by atoms with Crippen molar-refractivity contribution in [3.63, 3.8) is 0 Å². The number of hydrogen-bond donors (Lipinski definition) is 1. The average molecular weight is 324 g/mol. The van der Waals surface area contributed by atoms with Crippen molar-refractivity contribution in [2.24, 2.45) is 23.2 Å². The first-order valence-electron chi connectivity index (χ1n) is 8.56.